The average Bonchev–Trinajstić information content (AvgIpc) is 2.69. The maximum atomic E-state index is 11.6. The third-order valence-electron chi connectivity index (χ3n) is 4.89. The number of hydrogen-bond donors (Lipinski definition) is 1. The van der Waals surface area contributed by atoms with Crippen LogP contribution in [0.15, 0.2) is 91.0 Å². The van der Waals surface area contributed by atoms with Gasteiger partial charge in [0.05, 0.1) is 0 Å². The Labute approximate surface area is 163 Å². The minimum absolute atomic E-state index is 0.427. The van der Waals surface area contributed by atoms with E-state index in [1.807, 2.05) is 18.2 Å². The van der Waals surface area contributed by atoms with E-state index in [0.717, 1.165) is 12.8 Å². The standard InChI is InChI=1S/C22H24IOP/c1-2-12-22(24)25(23,19-13-6-3-7-14-19,20-15-8-4-9-16-20)21-17-10-5-11-18-21/h3-11,13-18,22,24H,2,12H2,1H3/t22-/m0/s1. The number of aliphatic hydroxyl groups is 1. The molecule has 1 atom stereocenters. The fourth-order valence-electron chi connectivity index (χ4n) is 3.62. The molecule has 3 heteroatoms. The molecule has 0 amide bonds. The van der Waals surface area contributed by atoms with Crippen molar-refractivity contribution in [3.63, 3.8) is 0 Å². The summed E-state index contributed by atoms with van der Waals surface area (Å²) in [6.07, 6.45) is 1.73. The molecule has 0 saturated carbocycles. The summed E-state index contributed by atoms with van der Waals surface area (Å²) in [6, 6.07) is 31.7. The zero-order chi connectivity index (χ0) is 17.8. The normalized spacial score (nSPS) is 14.4. The molecule has 130 valence electrons. The first-order valence-corrected chi connectivity index (χ1v) is 13.8. The molecule has 0 heterocycles. The predicted octanol–water partition coefficient (Wildman–Crippen LogP) is 4.98. The number of rotatable bonds is 6. The third kappa shape index (κ3) is 2.95. The van der Waals surface area contributed by atoms with Gasteiger partial charge in [0.25, 0.3) is 0 Å². The number of aliphatic hydroxyl groups excluding tert-OH is 1. The molecule has 1 nitrogen and oxygen atoms in total. The van der Waals surface area contributed by atoms with E-state index < -0.39 is 10.1 Å². The van der Waals surface area contributed by atoms with Crippen molar-refractivity contribution in [1.82, 2.24) is 0 Å². The Morgan fingerprint density at radius 3 is 1.32 bits per heavy atom. The van der Waals surface area contributed by atoms with Crippen LogP contribution < -0.4 is 15.9 Å². The van der Waals surface area contributed by atoms with Crippen LogP contribution >= 0.6 is 26.3 Å². The Kier molecular flexibility index (Phi) is 5.62. The Morgan fingerprint density at radius 1 is 0.720 bits per heavy atom. The quantitative estimate of drug-likeness (QED) is 0.405. The first-order valence-electron chi connectivity index (χ1n) is 8.70. The van der Waals surface area contributed by atoms with Crippen LogP contribution in [-0.4, -0.2) is 11.0 Å². The van der Waals surface area contributed by atoms with Gasteiger partial charge in [-0.25, -0.2) is 0 Å². The second-order valence-corrected chi connectivity index (χ2v) is 16.7. The number of benzene rings is 3. The van der Waals surface area contributed by atoms with Gasteiger partial charge in [0.1, 0.15) is 0 Å². The first kappa shape index (κ1) is 18.6. The summed E-state index contributed by atoms with van der Waals surface area (Å²) in [7, 11) is 0. The van der Waals surface area contributed by atoms with Gasteiger partial charge in [0, 0.05) is 0 Å². The molecule has 25 heavy (non-hydrogen) atoms. The Morgan fingerprint density at radius 2 is 1.04 bits per heavy atom. The SMILES string of the molecule is CCC[C@@H](O)P(I)(c1ccccc1)(c1ccccc1)c1ccccc1. The van der Waals surface area contributed by atoms with E-state index >= 15 is 0 Å². The van der Waals surface area contributed by atoms with E-state index in [0.29, 0.717) is 0 Å². The summed E-state index contributed by atoms with van der Waals surface area (Å²) in [6.45, 7) is 2.14. The van der Waals surface area contributed by atoms with Crippen molar-refractivity contribution in [2.45, 2.75) is 25.6 Å². The van der Waals surface area contributed by atoms with Gasteiger partial charge in [-0.2, -0.15) is 0 Å². The maximum absolute atomic E-state index is 11.6. The molecule has 0 aliphatic carbocycles. The zero-order valence-electron chi connectivity index (χ0n) is 14.4. The molecule has 0 spiro atoms. The van der Waals surface area contributed by atoms with Gasteiger partial charge in [0.15, 0.2) is 0 Å². The van der Waals surface area contributed by atoms with Crippen molar-refractivity contribution < 1.29 is 5.11 Å². The average molecular weight is 462 g/mol. The van der Waals surface area contributed by atoms with Crippen LogP contribution in [0.25, 0.3) is 0 Å². The van der Waals surface area contributed by atoms with E-state index in [1.54, 1.807) is 0 Å². The summed E-state index contributed by atoms with van der Waals surface area (Å²) in [5.74, 6) is -0.427. The van der Waals surface area contributed by atoms with E-state index in [-0.39, 0.29) is 0 Å². The van der Waals surface area contributed by atoms with Crippen molar-refractivity contribution >= 4 is 42.2 Å². The van der Waals surface area contributed by atoms with Gasteiger partial charge in [-0.15, -0.1) is 0 Å². The van der Waals surface area contributed by atoms with Gasteiger partial charge < -0.3 is 0 Å². The molecule has 0 unspecified atom stereocenters. The molecule has 0 bridgehead atoms. The molecule has 0 aliphatic rings. The molecule has 0 aliphatic heterocycles. The second-order valence-electron chi connectivity index (χ2n) is 6.35. The summed E-state index contributed by atoms with van der Waals surface area (Å²) in [5, 5.41) is 15.3. The van der Waals surface area contributed by atoms with E-state index in [4.69, 9.17) is 0 Å². The van der Waals surface area contributed by atoms with Crippen molar-refractivity contribution in [1.29, 1.82) is 0 Å². The van der Waals surface area contributed by atoms with E-state index in [2.05, 4.69) is 102 Å². The van der Waals surface area contributed by atoms with Crippen LogP contribution in [0.4, 0.5) is 0 Å². The van der Waals surface area contributed by atoms with Gasteiger partial charge in [-0.05, 0) is 0 Å². The van der Waals surface area contributed by atoms with Crippen molar-refractivity contribution in [2.24, 2.45) is 0 Å². The fraction of sp³-hybridized carbons (Fsp3) is 0.182. The Hall–Kier alpha value is -1.22. The third-order valence-corrected chi connectivity index (χ3v) is 17.1. The van der Waals surface area contributed by atoms with Crippen LogP contribution in [-0.2, 0) is 0 Å². The summed E-state index contributed by atoms with van der Waals surface area (Å²) in [5.41, 5.74) is 0. The molecule has 0 radical (unpaired) electrons. The first-order chi connectivity index (χ1) is 12.1. The van der Waals surface area contributed by atoms with Crippen molar-refractivity contribution in [2.75, 3.05) is 0 Å². The second kappa shape index (κ2) is 7.57. The molecule has 3 aromatic carbocycles. The van der Waals surface area contributed by atoms with Crippen molar-refractivity contribution in [3.05, 3.63) is 91.0 Å². The Balaban J connectivity index is 2.45. The van der Waals surface area contributed by atoms with E-state index in [1.165, 1.54) is 15.9 Å². The van der Waals surface area contributed by atoms with Crippen LogP contribution in [0.2, 0.25) is 0 Å². The zero-order valence-corrected chi connectivity index (χ0v) is 17.5. The summed E-state index contributed by atoms with van der Waals surface area (Å²) >= 11 is 2.64. The molecule has 0 fully saturated rings. The molecular weight excluding hydrogens is 438 g/mol. The topological polar surface area (TPSA) is 20.2 Å². The van der Waals surface area contributed by atoms with Gasteiger partial charge in [0.2, 0.25) is 0 Å². The molecule has 3 rings (SSSR count). The van der Waals surface area contributed by atoms with Crippen LogP contribution in [0.3, 0.4) is 0 Å². The molecular formula is C22H24IOP. The number of halogens is 1. The van der Waals surface area contributed by atoms with Gasteiger partial charge >= 0.3 is 164 Å². The van der Waals surface area contributed by atoms with Gasteiger partial charge in [-0.3, -0.25) is 0 Å². The fourth-order valence-corrected chi connectivity index (χ4v) is 12.3. The van der Waals surface area contributed by atoms with Crippen LogP contribution in [0, 0.1) is 0 Å². The molecule has 0 aromatic heterocycles. The van der Waals surface area contributed by atoms with Gasteiger partial charge in [-0.1, -0.05) is 0 Å². The number of hydrogen-bond acceptors (Lipinski definition) is 1. The van der Waals surface area contributed by atoms with Crippen LogP contribution in [0.1, 0.15) is 19.8 Å². The summed E-state index contributed by atoms with van der Waals surface area (Å²) in [4.78, 5) is 0. The Bertz CT molecular complexity index is 706. The summed E-state index contributed by atoms with van der Waals surface area (Å²) < 4.78 is -3.04. The predicted molar refractivity (Wildman–Crippen MR) is 120 cm³/mol. The molecule has 1 N–H and O–H groups in total. The van der Waals surface area contributed by atoms with Crippen LogP contribution in [0.5, 0.6) is 0 Å². The monoisotopic (exact) mass is 462 g/mol. The molecule has 3 aromatic rings. The minimum atomic E-state index is -3.04. The van der Waals surface area contributed by atoms with Crippen molar-refractivity contribution in [3.8, 4) is 0 Å². The molecule has 0 saturated heterocycles. The van der Waals surface area contributed by atoms with E-state index in [9.17, 15) is 5.11 Å².